The summed E-state index contributed by atoms with van der Waals surface area (Å²) in [5.74, 6) is 2.44. The van der Waals surface area contributed by atoms with Crippen molar-refractivity contribution in [2.24, 2.45) is 0 Å². The molecule has 0 bridgehead atoms. The van der Waals surface area contributed by atoms with Gasteiger partial charge < -0.3 is 14.2 Å². The molecule has 3 heterocycles. The molecule has 5 heteroatoms. The van der Waals surface area contributed by atoms with Gasteiger partial charge in [0.15, 0.2) is 11.5 Å². The lowest BCUT2D eigenvalue weighted by Crippen LogP contribution is -2.25. The van der Waals surface area contributed by atoms with Crippen molar-refractivity contribution in [3.8, 4) is 17.2 Å². The molecule has 0 saturated heterocycles. The third-order valence-corrected chi connectivity index (χ3v) is 6.67. The van der Waals surface area contributed by atoms with E-state index in [1.165, 1.54) is 16.7 Å². The van der Waals surface area contributed by atoms with Gasteiger partial charge in [0.2, 0.25) is 0 Å². The summed E-state index contributed by atoms with van der Waals surface area (Å²) in [5, 5.41) is 0. The Morgan fingerprint density at radius 3 is 2.59 bits per heavy atom. The number of fused-ring (bicyclic) bond motifs is 5. The molecule has 0 radical (unpaired) electrons. The molecule has 0 fully saturated rings. The number of rotatable bonds is 2. The molecular weight excluding hydrogens is 430 g/mol. The first-order valence-electron chi connectivity index (χ1n) is 9.72. The zero-order valence-electron chi connectivity index (χ0n) is 15.7. The number of benzene rings is 2. The highest BCUT2D eigenvalue weighted by Crippen LogP contribution is 2.54. The number of hydrogen-bond donors (Lipinski definition) is 0. The maximum absolute atomic E-state index is 6.18. The van der Waals surface area contributed by atoms with Gasteiger partial charge >= 0.3 is 0 Å². The highest BCUT2D eigenvalue weighted by atomic mass is 79.9. The molecule has 2 aliphatic heterocycles. The van der Waals surface area contributed by atoms with Crippen molar-refractivity contribution in [2.75, 3.05) is 19.8 Å². The summed E-state index contributed by atoms with van der Waals surface area (Å²) in [6.45, 7) is 1.73. The summed E-state index contributed by atoms with van der Waals surface area (Å²) < 4.78 is 18.8. The molecule has 0 N–H and O–H groups in total. The average Bonchev–Trinajstić information content (AvgIpc) is 3.27. The van der Waals surface area contributed by atoms with Crippen molar-refractivity contribution in [1.29, 1.82) is 0 Å². The zero-order valence-corrected chi connectivity index (χ0v) is 17.2. The van der Waals surface area contributed by atoms with Gasteiger partial charge in [0.05, 0.1) is 11.1 Å². The molecular formula is C24H18BrNO3. The van der Waals surface area contributed by atoms with Crippen LogP contribution in [0.15, 0.2) is 65.3 Å². The number of nitrogens with zero attached hydrogens (tertiary/aromatic N) is 1. The molecule has 2 aromatic carbocycles. The van der Waals surface area contributed by atoms with E-state index in [2.05, 4.69) is 57.3 Å². The van der Waals surface area contributed by atoms with E-state index >= 15 is 0 Å². The maximum Gasteiger partial charge on any atom is 0.165 e. The Bertz CT molecular complexity index is 1170. The Balaban J connectivity index is 1.51. The summed E-state index contributed by atoms with van der Waals surface area (Å²) >= 11 is 3.64. The summed E-state index contributed by atoms with van der Waals surface area (Å²) in [6, 6.07) is 16.7. The third kappa shape index (κ3) is 2.53. The highest BCUT2D eigenvalue weighted by molar-refractivity contribution is 9.10. The Morgan fingerprint density at radius 2 is 1.72 bits per heavy atom. The van der Waals surface area contributed by atoms with Crippen molar-refractivity contribution in [2.45, 2.75) is 11.8 Å². The number of halogens is 1. The Labute approximate surface area is 177 Å². The van der Waals surface area contributed by atoms with E-state index in [1.807, 2.05) is 24.4 Å². The molecule has 1 spiro atoms. The van der Waals surface area contributed by atoms with Gasteiger partial charge in [-0.1, -0.05) is 30.3 Å². The van der Waals surface area contributed by atoms with E-state index in [-0.39, 0.29) is 5.41 Å². The molecule has 1 aromatic heterocycles. The normalized spacial score (nSPS) is 20.8. The lowest BCUT2D eigenvalue weighted by atomic mass is 9.78. The summed E-state index contributed by atoms with van der Waals surface area (Å²) in [4.78, 5) is 4.58. The average molecular weight is 448 g/mol. The monoisotopic (exact) mass is 447 g/mol. The first kappa shape index (κ1) is 17.1. The summed E-state index contributed by atoms with van der Waals surface area (Å²) in [6.07, 6.45) is 4.97. The van der Waals surface area contributed by atoms with Gasteiger partial charge in [-0.25, -0.2) is 0 Å². The van der Waals surface area contributed by atoms with Crippen molar-refractivity contribution in [3.05, 3.63) is 87.7 Å². The number of aromatic nitrogens is 1. The van der Waals surface area contributed by atoms with Crippen LogP contribution in [0.3, 0.4) is 0 Å². The van der Waals surface area contributed by atoms with Gasteiger partial charge in [-0.2, -0.15) is 0 Å². The van der Waals surface area contributed by atoms with Gasteiger partial charge in [-0.3, -0.25) is 4.98 Å². The molecule has 1 aliphatic carbocycles. The number of hydrogen-bond acceptors (Lipinski definition) is 4. The predicted molar refractivity (Wildman–Crippen MR) is 114 cm³/mol. The van der Waals surface area contributed by atoms with Crippen LogP contribution in [0.1, 0.15) is 22.4 Å². The van der Waals surface area contributed by atoms with Crippen LogP contribution in [0, 0.1) is 0 Å². The molecule has 0 amide bonds. The van der Waals surface area contributed by atoms with E-state index in [9.17, 15) is 0 Å². The lowest BCUT2D eigenvalue weighted by molar-refractivity contribution is 0.171. The first-order valence-corrected chi connectivity index (χ1v) is 10.5. The molecule has 3 aliphatic rings. The summed E-state index contributed by atoms with van der Waals surface area (Å²) in [5.41, 5.74) is 5.68. The Kier molecular flexibility index (Phi) is 3.75. The number of pyridine rings is 1. The van der Waals surface area contributed by atoms with Gasteiger partial charge in [0.1, 0.15) is 25.6 Å². The van der Waals surface area contributed by atoms with Crippen molar-refractivity contribution < 1.29 is 14.2 Å². The van der Waals surface area contributed by atoms with Crippen LogP contribution in [-0.2, 0) is 11.8 Å². The van der Waals surface area contributed by atoms with E-state index in [0.29, 0.717) is 19.8 Å². The molecule has 29 heavy (non-hydrogen) atoms. The van der Waals surface area contributed by atoms with Crippen LogP contribution in [-0.4, -0.2) is 24.8 Å². The molecule has 144 valence electrons. The minimum atomic E-state index is -0.307. The van der Waals surface area contributed by atoms with E-state index in [0.717, 1.165) is 39.4 Å². The lowest BCUT2D eigenvalue weighted by Gasteiger charge is -2.24. The Hall–Kier alpha value is -2.79. The van der Waals surface area contributed by atoms with Crippen molar-refractivity contribution >= 4 is 21.5 Å². The second-order valence-electron chi connectivity index (χ2n) is 7.58. The van der Waals surface area contributed by atoms with Crippen molar-refractivity contribution in [3.63, 3.8) is 0 Å². The fourth-order valence-corrected chi connectivity index (χ4v) is 5.03. The Morgan fingerprint density at radius 1 is 0.897 bits per heavy atom. The highest BCUT2D eigenvalue weighted by Gasteiger charge is 2.46. The van der Waals surface area contributed by atoms with E-state index in [1.54, 1.807) is 0 Å². The van der Waals surface area contributed by atoms with Gasteiger partial charge in [0.25, 0.3) is 0 Å². The standard InChI is InChI=1S/C24H18BrNO3/c25-19-6-3-7-26-20(19)10-15-13-24(17-5-2-1-4-16(15)17)14-29-21-12-23-22(11-18(21)24)27-8-9-28-23/h1-7,11-13H,8-10,14H2. The molecule has 3 aromatic rings. The smallest absolute Gasteiger partial charge is 0.165 e. The topological polar surface area (TPSA) is 40.6 Å². The van der Waals surface area contributed by atoms with Crippen LogP contribution in [0.25, 0.3) is 5.57 Å². The van der Waals surface area contributed by atoms with Crippen LogP contribution in [0.4, 0.5) is 0 Å². The fourth-order valence-electron chi connectivity index (χ4n) is 4.63. The van der Waals surface area contributed by atoms with Crippen molar-refractivity contribution in [1.82, 2.24) is 4.98 Å². The minimum absolute atomic E-state index is 0.307. The molecule has 1 unspecified atom stereocenters. The van der Waals surface area contributed by atoms with E-state index < -0.39 is 0 Å². The quantitative estimate of drug-likeness (QED) is 0.558. The fraction of sp³-hybridized carbons (Fsp3) is 0.208. The number of allylic oxidation sites excluding steroid dienone is 1. The first-order chi connectivity index (χ1) is 14.2. The molecule has 4 nitrogen and oxygen atoms in total. The van der Waals surface area contributed by atoms with Crippen LogP contribution in [0.2, 0.25) is 0 Å². The SMILES string of the molecule is Brc1cccnc1CC1=CC2(COc3cc4c(cc32)OCCO4)c2ccccc21. The minimum Gasteiger partial charge on any atom is -0.491 e. The summed E-state index contributed by atoms with van der Waals surface area (Å²) in [7, 11) is 0. The predicted octanol–water partition coefficient (Wildman–Crippen LogP) is 4.93. The van der Waals surface area contributed by atoms with Crippen LogP contribution in [0.5, 0.6) is 17.2 Å². The third-order valence-electron chi connectivity index (χ3n) is 5.95. The van der Waals surface area contributed by atoms with Gasteiger partial charge in [0, 0.05) is 28.7 Å². The molecule has 1 atom stereocenters. The molecule has 0 saturated carbocycles. The zero-order chi connectivity index (χ0) is 19.4. The van der Waals surface area contributed by atoms with Crippen LogP contribution >= 0.6 is 15.9 Å². The second kappa shape index (κ2) is 6.36. The molecule has 6 rings (SSSR count). The number of ether oxygens (including phenoxy) is 3. The maximum atomic E-state index is 6.18. The van der Waals surface area contributed by atoms with E-state index in [4.69, 9.17) is 14.2 Å². The van der Waals surface area contributed by atoms with Gasteiger partial charge in [-0.15, -0.1) is 0 Å². The second-order valence-corrected chi connectivity index (χ2v) is 8.43. The van der Waals surface area contributed by atoms with Crippen LogP contribution < -0.4 is 14.2 Å². The largest absolute Gasteiger partial charge is 0.491 e. The van der Waals surface area contributed by atoms with Gasteiger partial charge in [-0.05, 0) is 50.8 Å².